The summed E-state index contributed by atoms with van der Waals surface area (Å²) in [5.41, 5.74) is 2.15. The summed E-state index contributed by atoms with van der Waals surface area (Å²) in [5.74, 6) is 0. The highest BCUT2D eigenvalue weighted by atomic mass is 35.5. The number of halogens is 1. The van der Waals surface area contributed by atoms with Gasteiger partial charge in [-0.2, -0.15) is 0 Å². The molecule has 0 amide bonds. The molecule has 2 aromatic rings. The van der Waals surface area contributed by atoms with Crippen LogP contribution in [-0.4, -0.2) is 34.2 Å². The van der Waals surface area contributed by atoms with Gasteiger partial charge in [-0.25, -0.2) is 0 Å². The summed E-state index contributed by atoms with van der Waals surface area (Å²) in [6, 6.07) is 8.17. The van der Waals surface area contributed by atoms with E-state index < -0.39 is 0 Å². The summed E-state index contributed by atoms with van der Waals surface area (Å²) in [6.45, 7) is 2.07. The van der Waals surface area contributed by atoms with Gasteiger partial charge in [0.05, 0.1) is 12.1 Å². The molecule has 3 rings (SSSR count). The van der Waals surface area contributed by atoms with Crippen molar-refractivity contribution >= 4 is 22.5 Å². The topological polar surface area (TPSA) is 36.4 Å². The van der Waals surface area contributed by atoms with Crippen molar-refractivity contribution in [1.29, 1.82) is 0 Å². The van der Waals surface area contributed by atoms with Crippen LogP contribution in [0.25, 0.3) is 10.9 Å². The van der Waals surface area contributed by atoms with Crippen LogP contribution in [0, 0.1) is 0 Å². The zero-order chi connectivity index (χ0) is 13.2. The van der Waals surface area contributed by atoms with E-state index in [-0.39, 0.29) is 12.6 Å². The minimum atomic E-state index is 0.228. The summed E-state index contributed by atoms with van der Waals surface area (Å²) < 4.78 is 0. The zero-order valence-corrected chi connectivity index (χ0v) is 11.5. The maximum absolute atomic E-state index is 9.40. The monoisotopic (exact) mass is 276 g/mol. The van der Waals surface area contributed by atoms with Gasteiger partial charge in [-0.1, -0.05) is 17.7 Å². The van der Waals surface area contributed by atoms with Crippen molar-refractivity contribution in [3.05, 3.63) is 41.0 Å². The van der Waals surface area contributed by atoms with E-state index in [1.54, 1.807) is 0 Å². The lowest BCUT2D eigenvalue weighted by Crippen LogP contribution is -2.31. The van der Waals surface area contributed by atoms with Crippen LogP contribution in [0.5, 0.6) is 0 Å². The quantitative estimate of drug-likeness (QED) is 0.936. The molecule has 19 heavy (non-hydrogen) atoms. The van der Waals surface area contributed by atoms with Gasteiger partial charge in [-0.15, -0.1) is 0 Å². The van der Waals surface area contributed by atoms with Gasteiger partial charge in [-0.05, 0) is 43.1 Å². The van der Waals surface area contributed by atoms with Gasteiger partial charge in [0.25, 0.3) is 0 Å². The Labute approximate surface area is 117 Å². The second-order valence-electron chi connectivity index (χ2n) is 5.09. The number of aliphatic hydroxyl groups is 1. The fourth-order valence-electron chi connectivity index (χ4n) is 2.88. The molecule has 1 aliphatic rings. The van der Waals surface area contributed by atoms with Gasteiger partial charge in [0.2, 0.25) is 0 Å². The molecule has 3 nitrogen and oxygen atoms in total. The third-order valence-corrected chi connectivity index (χ3v) is 4.05. The molecule has 1 N–H and O–H groups in total. The lowest BCUT2D eigenvalue weighted by Gasteiger charge is -2.23. The molecule has 1 aromatic carbocycles. The number of hydrogen-bond donors (Lipinski definition) is 1. The van der Waals surface area contributed by atoms with E-state index in [0.29, 0.717) is 0 Å². The van der Waals surface area contributed by atoms with Crippen molar-refractivity contribution in [3.8, 4) is 0 Å². The first-order valence-corrected chi connectivity index (χ1v) is 7.04. The van der Waals surface area contributed by atoms with Crippen molar-refractivity contribution in [1.82, 2.24) is 9.88 Å². The van der Waals surface area contributed by atoms with Crippen molar-refractivity contribution in [3.63, 3.8) is 0 Å². The van der Waals surface area contributed by atoms with Crippen LogP contribution in [0.1, 0.15) is 18.4 Å². The first-order chi connectivity index (χ1) is 9.28. The second kappa shape index (κ2) is 5.45. The molecule has 1 atom stereocenters. The average molecular weight is 277 g/mol. The van der Waals surface area contributed by atoms with Gasteiger partial charge in [0.15, 0.2) is 0 Å². The molecular weight excluding hydrogens is 260 g/mol. The maximum Gasteiger partial charge on any atom is 0.0747 e. The Balaban J connectivity index is 1.96. The second-order valence-corrected chi connectivity index (χ2v) is 5.53. The number of aliphatic hydroxyl groups excluding tert-OH is 1. The van der Waals surface area contributed by atoms with Gasteiger partial charge in [0, 0.05) is 29.2 Å². The molecule has 1 fully saturated rings. The smallest absolute Gasteiger partial charge is 0.0747 e. The molecule has 0 unspecified atom stereocenters. The Kier molecular flexibility index (Phi) is 3.69. The van der Waals surface area contributed by atoms with Gasteiger partial charge >= 0.3 is 0 Å². The van der Waals surface area contributed by atoms with E-state index in [2.05, 4.69) is 9.88 Å². The minimum Gasteiger partial charge on any atom is -0.395 e. The summed E-state index contributed by atoms with van der Waals surface area (Å²) >= 11 is 6.18. The molecule has 1 aliphatic heterocycles. The van der Waals surface area contributed by atoms with Gasteiger partial charge in [-0.3, -0.25) is 9.88 Å². The van der Waals surface area contributed by atoms with Crippen LogP contribution in [0.3, 0.4) is 0 Å². The third kappa shape index (κ3) is 2.59. The fourth-order valence-corrected chi connectivity index (χ4v) is 3.13. The number of pyridine rings is 1. The summed E-state index contributed by atoms with van der Waals surface area (Å²) in [4.78, 5) is 6.79. The van der Waals surface area contributed by atoms with Crippen LogP contribution < -0.4 is 0 Å². The van der Waals surface area contributed by atoms with Crippen LogP contribution >= 0.6 is 11.6 Å². The molecule has 100 valence electrons. The molecule has 0 saturated carbocycles. The van der Waals surface area contributed by atoms with Crippen LogP contribution in [0.15, 0.2) is 30.5 Å². The summed E-state index contributed by atoms with van der Waals surface area (Å²) in [5, 5.41) is 11.2. The Bertz CT molecular complexity index is 587. The van der Waals surface area contributed by atoms with Gasteiger partial charge in [0.1, 0.15) is 0 Å². The number of rotatable bonds is 3. The number of likely N-dealkylation sites (tertiary alicyclic amines) is 1. The molecule has 0 bridgehead atoms. The van der Waals surface area contributed by atoms with E-state index in [0.717, 1.165) is 47.4 Å². The van der Waals surface area contributed by atoms with E-state index >= 15 is 0 Å². The first kappa shape index (κ1) is 12.9. The van der Waals surface area contributed by atoms with Crippen LogP contribution in [0.4, 0.5) is 0 Å². The van der Waals surface area contributed by atoms with E-state index in [1.807, 2.05) is 30.5 Å². The highest BCUT2D eigenvalue weighted by molar-refractivity contribution is 6.31. The number of fused-ring (bicyclic) bond motifs is 1. The predicted octanol–water partition coefficient (Wildman–Crippen LogP) is 2.84. The van der Waals surface area contributed by atoms with Crippen molar-refractivity contribution in [2.75, 3.05) is 13.2 Å². The lowest BCUT2D eigenvalue weighted by molar-refractivity contribution is 0.154. The highest BCUT2D eigenvalue weighted by Crippen LogP contribution is 2.26. The molecular formula is C15H17ClN2O. The van der Waals surface area contributed by atoms with Crippen LogP contribution in [0.2, 0.25) is 5.02 Å². The zero-order valence-electron chi connectivity index (χ0n) is 10.7. The number of hydrogen-bond acceptors (Lipinski definition) is 3. The SMILES string of the molecule is OC[C@H]1CCCN1Cc1cc(Cl)cc2cccnc12. The summed E-state index contributed by atoms with van der Waals surface area (Å²) in [7, 11) is 0. The Morgan fingerprint density at radius 2 is 2.32 bits per heavy atom. The normalized spacial score (nSPS) is 20.2. The Morgan fingerprint density at radius 3 is 3.16 bits per heavy atom. The molecule has 0 aliphatic carbocycles. The molecule has 1 aromatic heterocycles. The van der Waals surface area contributed by atoms with Crippen molar-refractivity contribution in [2.45, 2.75) is 25.4 Å². The van der Waals surface area contributed by atoms with Crippen LogP contribution in [-0.2, 0) is 6.54 Å². The van der Waals surface area contributed by atoms with Crippen molar-refractivity contribution in [2.24, 2.45) is 0 Å². The van der Waals surface area contributed by atoms with Gasteiger partial charge < -0.3 is 5.11 Å². The number of nitrogens with zero attached hydrogens (tertiary/aromatic N) is 2. The standard InChI is InChI=1S/C15H17ClN2O/c16-13-7-11-3-1-5-17-15(11)12(8-13)9-18-6-2-4-14(18)10-19/h1,3,5,7-8,14,19H,2,4,6,9-10H2/t14-/m1/s1. The van der Waals surface area contributed by atoms with E-state index in [1.165, 1.54) is 0 Å². The summed E-state index contributed by atoms with van der Waals surface area (Å²) in [6.07, 6.45) is 4.03. The number of aromatic nitrogens is 1. The van der Waals surface area contributed by atoms with E-state index in [4.69, 9.17) is 11.6 Å². The molecule has 1 saturated heterocycles. The Morgan fingerprint density at radius 1 is 1.42 bits per heavy atom. The number of benzene rings is 1. The maximum atomic E-state index is 9.40. The molecule has 4 heteroatoms. The first-order valence-electron chi connectivity index (χ1n) is 6.66. The molecule has 2 heterocycles. The predicted molar refractivity (Wildman–Crippen MR) is 77.3 cm³/mol. The minimum absolute atomic E-state index is 0.228. The van der Waals surface area contributed by atoms with E-state index in [9.17, 15) is 5.11 Å². The highest BCUT2D eigenvalue weighted by Gasteiger charge is 2.24. The largest absolute Gasteiger partial charge is 0.395 e. The Hall–Kier alpha value is -1.16. The average Bonchev–Trinajstić information content (AvgIpc) is 2.86. The van der Waals surface area contributed by atoms with Crippen molar-refractivity contribution < 1.29 is 5.11 Å². The molecule has 0 spiro atoms. The fraction of sp³-hybridized carbons (Fsp3) is 0.400. The lowest BCUT2D eigenvalue weighted by atomic mass is 10.1. The molecule has 0 radical (unpaired) electrons. The third-order valence-electron chi connectivity index (χ3n) is 3.83.